The van der Waals surface area contributed by atoms with Gasteiger partial charge in [-0.3, -0.25) is 9.59 Å². The molecule has 1 aliphatic heterocycles. The van der Waals surface area contributed by atoms with Crippen LogP contribution in [0.2, 0.25) is 0 Å². The van der Waals surface area contributed by atoms with Crippen molar-refractivity contribution in [3.05, 3.63) is 63.6 Å². The highest BCUT2D eigenvalue weighted by Gasteiger charge is 2.16. The monoisotopic (exact) mass is 343 g/mol. The normalized spacial score (nSPS) is 14.0. The number of aryl methyl sites for hydroxylation is 1. The Hall–Kier alpha value is -1.94. The quantitative estimate of drug-likeness (QED) is 0.839. The molecular formula is C17H14BrNO2. The number of carbonyl (C=O) groups excluding carboxylic acids is 2. The number of hydrogen-bond donors (Lipinski definition) is 1. The molecule has 106 valence electrons. The number of benzene rings is 2. The number of ketones is 1. The first-order valence-corrected chi connectivity index (χ1v) is 7.66. The minimum absolute atomic E-state index is 0.00493. The van der Waals surface area contributed by atoms with E-state index in [-0.39, 0.29) is 11.7 Å². The highest BCUT2D eigenvalue weighted by Crippen LogP contribution is 2.25. The Morgan fingerprint density at radius 2 is 1.86 bits per heavy atom. The molecule has 0 fully saturated rings. The number of rotatable bonds is 2. The first kappa shape index (κ1) is 14.0. The van der Waals surface area contributed by atoms with Gasteiger partial charge < -0.3 is 5.32 Å². The van der Waals surface area contributed by atoms with E-state index in [2.05, 4.69) is 21.2 Å². The maximum Gasteiger partial charge on any atom is 0.224 e. The standard InChI is InChI=1S/C17H14BrNO2/c18-14-5-1-4-12(10-14)17(21)13-7-8-15-11(9-13)3-2-6-16(20)19-15/h1,4-5,7-10H,2-3,6H2,(H,19,20). The molecule has 3 nitrogen and oxygen atoms in total. The maximum atomic E-state index is 12.5. The van der Waals surface area contributed by atoms with Crippen LogP contribution in [0.3, 0.4) is 0 Å². The second-order valence-electron chi connectivity index (χ2n) is 5.11. The van der Waals surface area contributed by atoms with Crippen molar-refractivity contribution in [1.29, 1.82) is 0 Å². The predicted octanol–water partition coefficient (Wildman–Crippen LogP) is 3.95. The van der Waals surface area contributed by atoms with Crippen LogP contribution in [-0.4, -0.2) is 11.7 Å². The lowest BCUT2D eigenvalue weighted by molar-refractivity contribution is -0.116. The fourth-order valence-corrected chi connectivity index (χ4v) is 2.91. The molecule has 2 aromatic carbocycles. The first-order chi connectivity index (χ1) is 10.1. The molecule has 0 saturated heterocycles. The van der Waals surface area contributed by atoms with Crippen molar-refractivity contribution < 1.29 is 9.59 Å². The summed E-state index contributed by atoms with van der Waals surface area (Å²) in [5, 5.41) is 2.88. The summed E-state index contributed by atoms with van der Waals surface area (Å²) in [6, 6.07) is 12.8. The summed E-state index contributed by atoms with van der Waals surface area (Å²) in [6.07, 6.45) is 2.16. The van der Waals surface area contributed by atoms with Gasteiger partial charge >= 0.3 is 0 Å². The van der Waals surface area contributed by atoms with Gasteiger partial charge in [0.05, 0.1) is 0 Å². The highest BCUT2D eigenvalue weighted by atomic mass is 79.9. The van der Waals surface area contributed by atoms with Crippen LogP contribution in [-0.2, 0) is 11.2 Å². The fraction of sp³-hybridized carbons (Fsp3) is 0.176. The molecule has 0 unspecified atom stereocenters. The highest BCUT2D eigenvalue weighted by molar-refractivity contribution is 9.10. The number of amides is 1. The number of halogens is 1. The van der Waals surface area contributed by atoms with Crippen LogP contribution in [0.4, 0.5) is 5.69 Å². The largest absolute Gasteiger partial charge is 0.326 e. The van der Waals surface area contributed by atoms with Crippen LogP contribution < -0.4 is 5.32 Å². The summed E-state index contributed by atoms with van der Waals surface area (Å²) in [4.78, 5) is 24.1. The van der Waals surface area contributed by atoms with Gasteiger partial charge in [-0.2, -0.15) is 0 Å². The van der Waals surface area contributed by atoms with Crippen LogP contribution in [0.5, 0.6) is 0 Å². The van der Waals surface area contributed by atoms with Crippen molar-refractivity contribution in [2.45, 2.75) is 19.3 Å². The zero-order chi connectivity index (χ0) is 14.8. The molecule has 0 spiro atoms. The lowest BCUT2D eigenvalue weighted by Crippen LogP contribution is -2.09. The Bertz CT molecular complexity index is 724. The minimum Gasteiger partial charge on any atom is -0.326 e. The van der Waals surface area contributed by atoms with Crippen molar-refractivity contribution in [1.82, 2.24) is 0 Å². The molecular weight excluding hydrogens is 330 g/mol. The Kier molecular flexibility index (Phi) is 3.88. The van der Waals surface area contributed by atoms with Crippen molar-refractivity contribution >= 4 is 33.3 Å². The van der Waals surface area contributed by atoms with E-state index in [1.165, 1.54) is 0 Å². The topological polar surface area (TPSA) is 46.2 Å². The number of nitrogens with one attached hydrogen (secondary N) is 1. The summed E-state index contributed by atoms with van der Waals surface area (Å²) in [6.45, 7) is 0. The third kappa shape index (κ3) is 3.05. The lowest BCUT2D eigenvalue weighted by atomic mass is 9.98. The van der Waals surface area contributed by atoms with Gasteiger partial charge in [0.25, 0.3) is 0 Å². The van der Waals surface area contributed by atoms with Crippen LogP contribution in [0.25, 0.3) is 0 Å². The van der Waals surface area contributed by atoms with E-state index in [1.807, 2.05) is 30.3 Å². The van der Waals surface area contributed by atoms with Crippen LogP contribution in [0.1, 0.15) is 34.3 Å². The van der Waals surface area contributed by atoms with E-state index in [0.29, 0.717) is 17.5 Å². The summed E-state index contributed by atoms with van der Waals surface area (Å²) < 4.78 is 0.885. The van der Waals surface area contributed by atoms with E-state index >= 15 is 0 Å². The van der Waals surface area contributed by atoms with Gasteiger partial charge in [0.15, 0.2) is 5.78 Å². The van der Waals surface area contributed by atoms with Crippen molar-refractivity contribution in [3.63, 3.8) is 0 Å². The second kappa shape index (κ2) is 5.82. The van der Waals surface area contributed by atoms with E-state index < -0.39 is 0 Å². The third-order valence-corrected chi connectivity index (χ3v) is 4.07. The molecule has 0 aromatic heterocycles. The summed E-state index contributed by atoms with van der Waals surface area (Å²) >= 11 is 3.38. The number of fused-ring (bicyclic) bond motifs is 1. The number of hydrogen-bond acceptors (Lipinski definition) is 2. The zero-order valence-electron chi connectivity index (χ0n) is 11.4. The lowest BCUT2D eigenvalue weighted by Gasteiger charge is -2.09. The molecule has 1 N–H and O–H groups in total. The van der Waals surface area contributed by atoms with Crippen LogP contribution >= 0.6 is 15.9 Å². The third-order valence-electron chi connectivity index (χ3n) is 3.58. The Morgan fingerprint density at radius 3 is 2.67 bits per heavy atom. The summed E-state index contributed by atoms with van der Waals surface area (Å²) in [5.74, 6) is 0.0366. The predicted molar refractivity (Wildman–Crippen MR) is 85.6 cm³/mol. The Morgan fingerprint density at radius 1 is 1.05 bits per heavy atom. The molecule has 0 saturated carbocycles. The average molecular weight is 344 g/mol. The maximum absolute atomic E-state index is 12.5. The number of anilines is 1. The molecule has 1 aliphatic rings. The van der Waals surface area contributed by atoms with Gasteiger partial charge in [0, 0.05) is 27.7 Å². The van der Waals surface area contributed by atoms with Crippen molar-refractivity contribution in [3.8, 4) is 0 Å². The van der Waals surface area contributed by atoms with Gasteiger partial charge in [0.1, 0.15) is 0 Å². The van der Waals surface area contributed by atoms with Crippen molar-refractivity contribution in [2.24, 2.45) is 0 Å². The summed E-state index contributed by atoms with van der Waals surface area (Å²) in [7, 11) is 0. The average Bonchev–Trinajstić information content (AvgIpc) is 2.66. The molecule has 21 heavy (non-hydrogen) atoms. The molecule has 4 heteroatoms. The van der Waals surface area contributed by atoms with Gasteiger partial charge in [-0.15, -0.1) is 0 Å². The van der Waals surface area contributed by atoms with Crippen LogP contribution in [0, 0.1) is 0 Å². The molecule has 0 atom stereocenters. The molecule has 0 aliphatic carbocycles. The van der Waals surface area contributed by atoms with E-state index in [4.69, 9.17) is 0 Å². The SMILES string of the molecule is O=C1CCCc2cc(C(=O)c3cccc(Br)c3)ccc2N1. The van der Waals surface area contributed by atoms with Gasteiger partial charge in [0.2, 0.25) is 5.91 Å². The Labute approximate surface area is 131 Å². The van der Waals surface area contributed by atoms with Gasteiger partial charge in [-0.25, -0.2) is 0 Å². The molecule has 3 rings (SSSR count). The van der Waals surface area contributed by atoms with Crippen LogP contribution in [0.15, 0.2) is 46.9 Å². The van der Waals surface area contributed by atoms with Crippen molar-refractivity contribution in [2.75, 3.05) is 5.32 Å². The minimum atomic E-state index is -0.00493. The zero-order valence-corrected chi connectivity index (χ0v) is 12.9. The molecule has 0 bridgehead atoms. The van der Waals surface area contributed by atoms with E-state index in [1.54, 1.807) is 12.1 Å². The van der Waals surface area contributed by atoms with E-state index in [0.717, 1.165) is 28.6 Å². The molecule has 0 radical (unpaired) electrons. The first-order valence-electron chi connectivity index (χ1n) is 6.86. The fourth-order valence-electron chi connectivity index (χ4n) is 2.51. The summed E-state index contributed by atoms with van der Waals surface area (Å²) in [5.41, 5.74) is 3.16. The second-order valence-corrected chi connectivity index (χ2v) is 6.03. The molecule has 1 heterocycles. The molecule has 1 amide bonds. The smallest absolute Gasteiger partial charge is 0.224 e. The number of carbonyl (C=O) groups is 2. The van der Waals surface area contributed by atoms with Gasteiger partial charge in [-0.05, 0) is 48.7 Å². The van der Waals surface area contributed by atoms with Gasteiger partial charge in [-0.1, -0.05) is 28.1 Å². The molecule has 2 aromatic rings. The van der Waals surface area contributed by atoms with E-state index in [9.17, 15) is 9.59 Å². The Balaban J connectivity index is 1.95.